The predicted molar refractivity (Wildman–Crippen MR) is 90.5 cm³/mol. The summed E-state index contributed by atoms with van der Waals surface area (Å²) in [7, 11) is 0. The summed E-state index contributed by atoms with van der Waals surface area (Å²) in [4.78, 5) is 24.8. The van der Waals surface area contributed by atoms with Gasteiger partial charge in [-0.1, -0.05) is 6.07 Å². The lowest BCUT2D eigenvalue weighted by molar-refractivity contribution is -0.384. The van der Waals surface area contributed by atoms with Gasteiger partial charge in [0.15, 0.2) is 5.69 Å². The third kappa shape index (κ3) is 3.69. The van der Waals surface area contributed by atoms with Crippen LogP contribution in [0.15, 0.2) is 36.5 Å². The van der Waals surface area contributed by atoms with Gasteiger partial charge in [0.1, 0.15) is 0 Å². The smallest absolute Gasteiger partial charge is 0.274 e. The number of carbonyl (C=O) groups is 1. The Hall–Kier alpha value is -2.74. The molecule has 1 saturated heterocycles. The largest absolute Gasteiger partial charge is 0.393 e. The molecule has 1 amide bonds. The number of nitro groups is 1. The molecule has 132 valence electrons. The van der Waals surface area contributed by atoms with Crippen molar-refractivity contribution in [2.24, 2.45) is 5.92 Å². The standard InChI is InChI=1S/C17H20N4O4/c1-12(22)13-4-3-8-19(11-13)17(23)16-7-9-20(18-16)14-5-2-6-15(10-14)21(24)25/h2,5-7,9-10,12-13,22H,3-4,8,11H2,1H3. The van der Waals surface area contributed by atoms with Crippen molar-refractivity contribution < 1.29 is 14.8 Å². The second-order valence-electron chi connectivity index (χ2n) is 6.32. The molecule has 1 N–H and O–H groups in total. The molecule has 2 unspecified atom stereocenters. The molecule has 0 bridgehead atoms. The number of rotatable bonds is 4. The number of carbonyl (C=O) groups excluding carboxylic acids is 1. The maximum atomic E-state index is 12.6. The number of nitrogens with zero attached hydrogens (tertiary/aromatic N) is 4. The van der Waals surface area contributed by atoms with E-state index in [2.05, 4.69) is 5.10 Å². The zero-order valence-corrected chi connectivity index (χ0v) is 13.9. The van der Waals surface area contributed by atoms with Gasteiger partial charge in [-0.2, -0.15) is 5.10 Å². The fourth-order valence-corrected chi connectivity index (χ4v) is 3.08. The summed E-state index contributed by atoms with van der Waals surface area (Å²) in [5, 5.41) is 24.9. The van der Waals surface area contributed by atoms with Crippen LogP contribution in [0.1, 0.15) is 30.3 Å². The molecule has 25 heavy (non-hydrogen) atoms. The van der Waals surface area contributed by atoms with Crippen molar-refractivity contribution in [1.82, 2.24) is 14.7 Å². The van der Waals surface area contributed by atoms with Crippen molar-refractivity contribution in [3.8, 4) is 5.69 Å². The molecule has 0 spiro atoms. The Morgan fingerprint density at radius 2 is 2.24 bits per heavy atom. The number of amides is 1. The van der Waals surface area contributed by atoms with Crippen LogP contribution in [0.4, 0.5) is 5.69 Å². The Labute approximate surface area is 144 Å². The van der Waals surface area contributed by atoms with E-state index < -0.39 is 11.0 Å². The van der Waals surface area contributed by atoms with Crippen LogP contribution in [-0.4, -0.2) is 49.8 Å². The summed E-state index contributed by atoms with van der Waals surface area (Å²) >= 11 is 0. The number of hydrogen-bond acceptors (Lipinski definition) is 5. The molecule has 2 aromatic rings. The van der Waals surface area contributed by atoms with E-state index in [1.54, 1.807) is 36.2 Å². The third-order valence-corrected chi connectivity index (χ3v) is 4.54. The highest BCUT2D eigenvalue weighted by molar-refractivity contribution is 5.92. The van der Waals surface area contributed by atoms with Crippen LogP contribution in [0.2, 0.25) is 0 Å². The molecule has 1 aromatic carbocycles. The minimum Gasteiger partial charge on any atom is -0.393 e. The van der Waals surface area contributed by atoms with Crippen LogP contribution < -0.4 is 0 Å². The molecular formula is C17H20N4O4. The molecule has 0 aliphatic carbocycles. The van der Waals surface area contributed by atoms with Gasteiger partial charge >= 0.3 is 0 Å². The lowest BCUT2D eigenvalue weighted by atomic mass is 9.93. The molecule has 1 aromatic heterocycles. The van der Waals surface area contributed by atoms with E-state index in [0.717, 1.165) is 12.8 Å². The molecular weight excluding hydrogens is 324 g/mol. The number of aliphatic hydroxyl groups is 1. The Bertz CT molecular complexity index is 786. The summed E-state index contributed by atoms with van der Waals surface area (Å²) in [5.41, 5.74) is 0.781. The fourth-order valence-electron chi connectivity index (χ4n) is 3.08. The molecule has 2 heterocycles. The topological polar surface area (TPSA) is 102 Å². The summed E-state index contributed by atoms with van der Waals surface area (Å²) in [6.45, 7) is 2.90. The highest BCUT2D eigenvalue weighted by Crippen LogP contribution is 2.21. The SMILES string of the molecule is CC(O)C1CCCN(C(=O)c2ccn(-c3cccc([N+](=O)[O-])c3)n2)C1. The molecule has 1 aliphatic heterocycles. The lowest BCUT2D eigenvalue weighted by Crippen LogP contribution is -2.43. The first-order valence-corrected chi connectivity index (χ1v) is 8.23. The van der Waals surface area contributed by atoms with Gasteiger partial charge in [-0.05, 0) is 31.9 Å². The zero-order chi connectivity index (χ0) is 18.0. The van der Waals surface area contributed by atoms with Gasteiger partial charge in [0.25, 0.3) is 11.6 Å². The maximum absolute atomic E-state index is 12.6. The van der Waals surface area contributed by atoms with E-state index >= 15 is 0 Å². The molecule has 3 rings (SSSR count). The van der Waals surface area contributed by atoms with E-state index in [1.807, 2.05) is 0 Å². The minimum atomic E-state index is -0.469. The van der Waals surface area contributed by atoms with Crippen molar-refractivity contribution in [2.45, 2.75) is 25.9 Å². The average molecular weight is 344 g/mol. The molecule has 2 atom stereocenters. The number of piperidine rings is 1. The number of non-ortho nitro benzene ring substituents is 1. The van der Waals surface area contributed by atoms with Gasteiger partial charge in [-0.25, -0.2) is 4.68 Å². The second kappa shape index (κ2) is 7.02. The number of nitro benzene ring substituents is 1. The van der Waals surface area contributed by atoms with Gasteiger partial charge in [0.2, 0.25) is 0 Å². The van der Waals surface area contributed by atoms with E-state index in [1.165, 1.54) is 16.8 Å². The molecule has 1 fully saturated rings. The third-order valence-electron chi connectivity index (χ3n) is 4.54. The summed E-state index contributed by atoms with van der Waals surface area (Å²) in [6.07, 6.45) is 2.93. The van der Waals surface area contributed by atoms with Gasteiger partial charge in [0, 0.05) is 37.3 Å². The number of aromatic nitrogens is 2. The van der Waals surface area contributed by atoms with Gasteiger partial charge < -0.3 is 10.0 Å². The Kier molecular flexibility index (Phi) is 4.80. The Morgan fingerprint density at radius 1 is 1.44 bits per heavy atom. The highest BCUT2D eigenvalue weighted by Gasteiger charge is 2.28. The minimum absolute atomic E-state index is 0.0308. The zero-order valence-electron chi connectivity index (χ0n) is 13.9. The second-order valence-corrected chi connectivity index (χ2v) is 6.32. The Balaban J connectivity index is 1.78. The van der Waals surface area contributed by atoms with Crippen molar-refractivity contribution >= 4 is 11.6 Å². The summed E-state index contributed by atoms with van der Waals surface area (Å²) in [5.74, 6) is -0.105. The van der Waals surface area contributed by atoms with E-state index in [-0.39, 0.29) is 23.2 Å². The van der Waals surface area contributed by atoms with E-state index in [9.17, 15) is 20.0 Å². The Morgan fingerprint density at radius 3 is 2.96 bits per heavy atom. The highest BCUT2D eigenvalue weighted by atomic mass is 16.6. The first-order valence-electron chi connectivity index (χ1n) is 8.23. The number of aliphatic hydroxyl groups excluding tert-OH is 1. The van der Waals surface area contributed by atoms with Crippen LogP contribution in [0.3, 0.4) is 0 Å². The molecule has 8 nitrogen and oxygen atoms in total. The van der Waals surface area contributed by atoms with Crippen LogP contribution in [0.25, 0.3) is 5.69 Å². The maximum Gasteiger partial charge on any atom is 0.274 e. The first-order chi connectivity index (χ1) is 12.0. The van der Waals surface area contributed by atoms with E-state index in [4.69, 9.17) is 0 Å². The molecule has 0 saturated carbocycles. The van der Waals surface area contributed by atoms with Crippen molar-refractivity contribution in [3.63, 3.8) is 0 Å². The van der Waals surface area contributed by atoms with Gasteiger partial charge in [-0.3, -0.25) is 14.9 Å². The van der Waals surface area contributed by atoms with E-state index in [0.29, 0.717) is 18.8 Å². The van der Waals surface area contributed by atoms with Gasteiger partial charge in [0.05, 0.1) is 16.7 Å². The van der Waals surface area contributed by atoms with Crippen LogP contribution in [0.5, 0.6) is 0 Å². The van der Waals surface area contributed by atoms with Crippen molar-refractivity contribution in [1.29, 1.82) is 0 Å². The average Bonchev–Trinajstić information content (AvgIpc) is 3.11. The monoisotopic (exact) mass is 344 g/mol. The lowest BCUT2D eigenvalue weighted by Gasteiger charge is -2.33. The molecule has 0 radical (unpaired) electrons. The van der Waals surface area contributed by atoms with Crippen LogP contribution in [-0.2, 0) is 0 Å². The summed E-state index contributed by atoms with van der Waals surface area (Å²) < 4.78 is 1.45. The normalized spacial score (nSPS) is 18.8. The first kappa shape index (κ1) is 17.1. The predicted octanol–water partition coefficient (Wildman–Crippen LogP) is 2.01. The number of benzene rings is 1. The van der Waals surface area contributed by atoms with Crippen molar-refractivity contribution in [2.75, 3.05) is 13.1 Å². The summed E-state index contributed by atoms with van der Waals surface area (Å²) in [6, 6.07) is 7.69. The molecule has 8 heteroatoms. The number of likely N-dealkylation sites (tertiary alicyclic amines) is 1. The van der Waals surface area contributed by atoms with Gasteiger partial charge in [-0.15, -0.1) is 0 Å². The van der Waals surface area contributed by atoms with Crippen molar-refractivity contribution in [3.05, 3.63) is 52.3 Å². The fraction of sp³-hybridized carbons (Fsp3) is 0.412. The van der Waals surface area contributed by atoms with Crippen LogP contribution >= 0.6 is 0 Å². The number of hydrogen-bond donors (Lipinski definition) is 1. The van der Waals surface area contributed by atoms with Crippen LogP contribution in [0, 0.1) is 16.0 Å². The quantitative estimate of drug-likeness (QED) is 0.675. The molecule has 1 aliphatic rings.